The molecule has 2 aromatic carbocycles. The maximum Gasteiger partial charge on any atom is 0.325 e. The molecular weight excluding hydrogens is 380 g/mol. The van der Waals surface area contributed by atoms with E-state index in [1.54, 1.807) is 17.0 Å². The van der Waals surface area contributed by atoms with E-state index in [0.717, 1.165) is 17.5 Å². The molecule has 1 aliphatic rings. The Morgan fingerprint density at radius 1 is 0.933 bits per heavy atom. The number of esters is 1. The average Bonchev–Trinajstić information content (AvgIpc) is 2.75. The van der Waals surface area contributed by atoms with Crippen molar-refractivity contribution in [1.82, 2.24) is 10.2 Å². The highest BCUT2D eigenvalue weighted by molar-refractivity contribution is 5.96. The Balaban J connectivity index is 1.43. The van der Waals surface area contributed by atoms with Crippen LogP contribution in [0.1, 0.15) is 30.6 Å². The molecular formula is C24H28N2O4. The van der Waals surface area contributed by atoms with Crippen LogP contribution >= 0.6 is 0 Å². The summed E-state index contributed by atoms with van der Waals surface area (Å²) in [5.74, 6) is -0.293. The highest BCUT2D eigenvalue weighted by atomic mass is 16.5. The average molecular weight is 408 g/mol. The molecule has 1 heterocycles. The molecule has 1 N–H and O–H groups in total. The van der Waals surface area contributed by atoms with Crippen LogP contribution in [0.4, 0.5) is 0 Å². The fourth-order valence-corrected chi connectivity index (χ4v) is 3.85. The summed E-state index contributed by atoms with van der Waals surface area (Å²) in [4.78, 5) is 38.2. The van der Waals surface area contributed by atoms with Crippen LogP contribution in [0.25, 0.3) is 11.1 Å². The van der Waals surface area contributed by atoms with E-state index in [4.69, 9.17) is 4.74 Å². The van der Waals surface area contributed by atoms with E-state index >= 15 is 0 Å². The van der Waals surface area contributed by atoms with Gasteiger partial charge in [0.05, 0.1) is 0 Å². The molecule has 0 radical (unpaired) electrons. The third-order valence-corrected chi connectivity index (χ3v) is 5.23. The molecule has 158 valence electrons. The number of likely N-dealkylation sites (tertiary alicyclic amines) is 1. The summed E-state index contributed by atoms with van der Waals surface area (Å²) in [6, 6.07) is 17.0. The van der Waals surface area contributed by atoms with Crippen molar-refractivity contribution in [2.45, 2.75) is 20.3 Å². The summed E-state index contributed by atoms with van der Waals surface area (Å²) in [6.07, 6.45) is 1.10. The predicted octanol–water partition coefficient (Wildman–Crippen LogP) is 3.13. The molecule has 3 rings (SSSR count). The Morgan fingerprint density at radius 2 is 1.53 bits per heavy atom. The Hall–Kier alpha value is -3.15. The maximum absolute atomic E-state index is 12.3. The molecule has 0 bridgehead atoms. The number of benzene rings is 2. The molecule has 6 nitrogen and oxygen atoms in total. The zero-order valence-corrected chi connectivity index (χ0v) is 17.5. The Morgan fingerprint density at radius 3 is 2.17 bits per heavy atom. The number of rotatable bonds is 6. The molecule has 30 heavy (non-hydrogen) atoms. The summed E-state index contributed by atoms with van der Waals surface area (Å²) >= 11 is 0. The highest BCUT2D eigenvalue weighted by Crippen LogP contribution is 2.21. The maximum atomic E-state index is 12.3. The third-order valence-electron chi connectivity index (χ3n) is 5.23. The first-order valence-corrected chi connectivity index (χ1v) is 10.3. The molecule has 0 aliphatic carbocycles. The molecule has 1 fully saturated rings. The van der Waals surface area contributed by atoms with Gasteiger partial charge in [0.25, 0.3) is 11.8 Å². The van der Waals surface area contributed by atoms with Gasteiger partial charge >= 0.3 is 5.97 Å². The van der Waals surface area contributed by atoms with Gasteiger partial charge < -0.3 is 15.0 Å². The van der Waals surface area contributed by atoms with E-state index in [1.807, 2.05) is 42.5 Å². The monoisotopic (exact) mass is 408 g/mol. The number of nitrogens with one attached hydrogen (secondary N) is 1. The van der Waals surface area contributed by atoms with E-state index in [1.165, 1.54) is 0 Å². The van der Waals surface area contributed by atoms with Gasteiger partial charge in [-0.15, -0.1) is 0 Å². The summed E-state index contributed by atoms with van der Waals surface area (Å²) in [5, 5.41) is 2.54. The number of hydrogen-bond donors (Lipinski definition) is 1. The number of hydrogen-bond acceptors (Lipinski definition) is 4. The molecule has 2 unspecified atom stereocenters. The van der Waals surface area contributed by atoms with Crippen LogP contribution in [-0.2, 0) is 14.3 Å². The lowest BCUT2D eigenvalue weighted by Crippen LogP contribution is -2.44. The van der Waals surface area contributed by atoms with Gasteiger partial charge in [0.15, 0.2) is 6.61 Å². The summed E-state index contributed by atoms with van der Waals surface area (Å²) in [6.45, 7) is 5.04. The van der Waals surface area contributed by atoms with Crippen molar-refractivity contribution < 1.29 is 19.1 Å². The van der Waals surface area contributed by atoms with E-state index < -0.39 is 5.97 Å². The molecule has 2 atom stereocenters. The highest BCUT2D eigenvalue weighted by Gasteiger charge is 2.25. The van der Waals surface area contributed by atoms with Crippen LogP contribution < -0.4 is 5.32 Å². The van der Waals surface area contributed by atoms with Gasteiger partial charge in [0.2, 0.25) is 0 Å². The van der Waals surface area contributed by atoms with Gasteiger partial charge in [0, 0.05) is 18.7 Å². The minimum absolute atomic E-state index is 0.190. The van der Waals surface area contributed by atoms with Crippen molar-refractivity contribution in [3.63, 3.8) is 0 Å². The second-order valence-corrected chi connectivity index (χ2v) is 8.03. The van der Waals surface area contributed by atoms with Crippen LogP contribution in [0.3, 0.4) is 0 Å². The van der Waals surface area contributed by atoms with Crippen molar-refractivity contribution in [3.05, 3.63) is 60.2 Å². The number of carbonyl (C=O) groups excluding carboxylic acids is 3. The van der Waals surface area contributed by atoms with Crippen molar-refractivity contribution in [3.8, 4) is 11.1 Å². The van der Waals surface area contributed by atoms with Crippen molar-refractivity contribution >= 4 is 17.8 Å². The summed E-state index contributed by atoms with van der Waals surface area (Å²) < 4.78 is 5.05. The Labute approximate surface area is 177 Å². The lowest BCUT2D eigenvalue weighted by atomic mass is 9.92. The molecule has 6 heteroatoms. The van der Waals surface area contributed by atoms with Crippen molar-refractivity contribution in [1.29, 1.82) is 0 Å². The lowest BCUT2D eigenvalue weighted by molar-refractivity contribution is -0.152. The summed E-state index contributed by atoms with van der Waals surface area (Å²) in [7, 11) is 0. The largest absolute Gasteiger partial charge is 0.454 e. The second kappa shape index (κ2) is 10.1. The Bertz CT molecular complexity index is 870. The van der Waals surface area contributed by atoms with Gasteiger partial charge in [-0.05, 0) is 41.5 Å². The minimum Gasteiger partial charge on any atom is -0.454 e. The van der Waals surface area contributed by atoms with Crippen molar-refractivity contribution in [2.24, 2.45) is 11.8 Å². The number of carbonyl (C=O) groups is 3. The number of nitrogens with zero attached hydrogens (tertiary/aromatic N) is 1. The van der Waals surface area contributed by atoms with E-state index in [9.17, 15) is 14.4 Å². The van der Waals surface area contributed by atoms with Gasteiger partial charge in [-0.1, -0.05) is 56.3 Å². The fourth-order valence-electron chi connectivity index (χ4n) is 3.85. The van der Waals surface area contributed by atoms with Crippen LogP contribution in [0.2, 0.25) is 0 Å². The number of ether oxygens (including phenoxy) is 1. The molecule has 0 spiro atoms. The molecule has 0 saturated carbocycles. The Kier molecular flexibility index (Phi) is 7.22. The molecule has 2 aromatic rings. The normalized spacial score (nSPS) is 18.5. The fraction of sp³-hybridized carbons (Fsp3) is 0.375. The van der Waals surface area contributed by atoms with E-state index in [2.05, 4.69) is 19.2 Å². The third kappa shape index (κ3) is 5.92. The SMILES string of the molecule is CC1CC(C)CN(C(=O)COC(=O)CNC(=O)c2ccc(-c3ccccc3)cc2)C1. The van der Waals surface area contributed by atoms with Crippen molar-refractivity contribution in [2.75, 3.05) is 26.2 Å². The van der Waals surface area contributed by atoms with Crippen LogP contribution in [0, 0.1) is 11.8 Å². The van der Waals surface area contributed by atoms with Gasteiger partial charge in [-0.25, -0.2) is 0 Å². The summed E-state index contributed by atoms with van der Waals surface area (Å²) in [5.41, 5.74) is 2.52. The predicted molar refractivity (Wildman–Crippen MR) is 115 cm³/mol. The molecule has 1 aliphatic heterocycles. The molecule has 2 amide bonds. The quantitative estimate of drug-likeness (QED) is 0.745. The standard InChI is InChI=1S/C24H28N2O4/c1-17-12-18(2)15-26(14-17)22(27)16-30-23(28)13-25-24(29)21-10-8-20(9-11-21)19-6-4-3-5-7-19/h3-11,17-18H,12-16H2,1-2H3,(H,25,29). The lowest BCUT2D eigenvalue weighted by Gasteiger charge is -2.34. The number of piperidine rings is 1. The zero-order chi connectivity index (χ0) is 21.5. The molecule has 0 aromatic heterocycles. The first kappa shape index (κ1) is 21.6. The van der Waals surface area contributed by atoms with Gasteiger partial charge in [0.1, 0.15) is 6.54 Å². The van der Waals surface area contributed by atoms with Gasteiger partial charge in [-0.3, -0.25) is 14.4 Å². The smallest absolute Gasteiger partial charge is 0.325 e. The second-order valence-electron chi connectivity index (χ2n) is 8.03. The van der Waals surface area contributed by atoms with Gasteiger partial charge in [-0.2, -0.15) is 0 Å². The van der Waals surface area contributed by atoms with E-state index in [0.29, 0.717) is 30.5 Å². The van der Waals surface area contributed by atoms with Crippen LogP contribution in [0.5, 0.6) is 0 Å². The zero-order valence-electron chi connectivity index (χ0n) is 17.5. The first-order chi connectivity index (χ1) is 14.4. The van der Waals surface area contributed by atoms with Crippen LogP contribution in [0.15, 0.2) is 54.6 Å². The van der Waals surface area contributed by atoms with E-state index in [-0.39, 0.29) is 25.0 Å². The topological polar surface area (TPSA) is 75.7 Å². The first-order valence-electron chi connectivity index (χ1n) is 10.3. The minimum atomic E-state index is -0.629. The molecule has 1 saturated heterocycles. The van der Waals surface area contributed by atoms with Crippen LogP contribution in [-0.4, -0.2) is 48.9 Å². The number of amides is 2.